The summed E-state index contributed by atoms with van der Waals surface area (Å²) in [6.45, 7) is 2.89. The molecule has 0 aliphatic carbocycles. The molecule has 0 saturated heterocycles. The molecule has 0 unspecified atom stereocenters. The van der Waals surface area contributed by atoms with E-state index >= 15 is 0 Å². The lowest BCUT2D eigenvalue weighted by Crippen LogP contribution is -2.06. The summed E-state index contributed by atoms with van der Waals surface area (Å²) < 4.78 is 7.50. The summed E-state index contributed by atoms with van der Waals surface area (Å²) in [4.78, 5) is 15.0. The third kappa shape index (κ3) is 3.17. The molecule has 0 fully saturated rings. The van der Waals surface area contributed by atoms with E-state index in [1.165, 1.54) is 0 Å². The van der Waals surface area contributed by atoms with Crippen LogP contribution in [0.25, 0.3) is 0 Å². The predicted octanol–water partition coefficient (Wildman–Crippen LogP) is 2.16. The molecule has 0 aliphatic rings. The summed E-state index contributed by atoms with van der Waals surface area (Å²) in [5.41, 5.74) is 0.701. The average Bonchev–Trinajstić information content (AvgIpc) is 2.83. The number of ether oxygens (including phenoxy) is 1. The van der Waals surface area contributed by atoms with E-state index in [9.17, 15) is 4.79 Å². The van der Waals surface area contributed by atoms with Crippen molar-refractivity contribution in [1.29, 1.82) is 0 Å². The van der Waals surface area contributed by atoms with E-state index in [4.69, 9.17) is 4.74 Å². The molecule has 2 aromatic rings. The van der Waals surface area contributed by atoms with Crippen LogP contribution in [0.15, 0.2) is 43.0 Å². The van der Waals surface area contributed by atoms with Gasteiger partial charge in [0, 0.05) is 18.0 Å². The minimum atomic E-state index is 0.0648. The van der Waals surface area contributed by atoms with Crippen molar-refractivity contribution in [3.8, 4) is 5.75 Å². The lowest BCUT2D eigenvalue weighted by molar-refractivity contribution is 0.101. The molecular weight excluding hydrogens is 216 g/mol. The molecule has 0 amide bonds. The third-order valence-electron chi connectivity index (χ3n) is 2.44. The fourth-order valence-electron chi connectivity index (χ4n) is 1.47. The highest BCUT2D eigenvalue weighted by molar-refractivity contribution is 5.94. The molecule has 4 heteroatoms. The van der Waals surface area contributed by atoms with E-state index in [2.05, 4.69) is 4.98 Å². The lowest BCUT2D eigenvalue weighted by Gasteiger charge is -2.06. The molecule has 1 heterocycles. The summed E-state index contributed by atoms with van der Waals surface area (Å²) in [7, 11) is 0. The van der Waals surface area contributed by atoms with Crippen LogP contribution in [0.4, 0.5) is 0 Å². The van der Waals surface area contributed by atoms with Gasteiger partial charge in [0.05, 0.1) is 12.9 Å². The number of ketones is 1. The minimum absolute atomic E-state index is 0.0648. The van der Waals surface area contributed by atoms with Gasteiger partial charge >= 0.3 is 0 Å². The lowest BCUT2D eigenvalue weighted by atomic mass is 10.1. The molecule has 0 bridgehead atoms. The van der Waals surface area contributed by atoms with Gasteiger partial charge in [0.25, 0.3) is 0 Å². The van der Waals surface area contributed by atoms with Crippen LogP contribution in [-0.2, 0) is 6.54 Å². The van der Waals surface area contributed by atoms with Crippen LogP contribution >= 0.6 is 0 Å². The Hall–Kier alpha value is -2.10. The van der Waals surface area contributed by atoms with Gasteiger partial charge in [-0.3, -0.25) is 4.79 Å². The van der Waals surface area contributed by atoms with E-state index in [0.29, 0.717) is 12.2 Å². The molecule has 1 aromatic heterocycles. The Morgan fingerprint density at radius 3 is 2.71 bits per heavy atom. The van der Waals surface area contributed by atoms with Crippen LogP contribution in [0.1, 0.15) is 17.3 Å². The average molecular weight is 230 g/mol. The number of aromatic nitrogens is 2. The number of nitrogens with zero attached hydrogens (tertiary/aromatic N) is 2. The molecule has 2 rings (SSSR count). The molecule has 0 aliphatic heterocycles. The molecule has 0 saturated carbocycles. The van der Waals surface area contributed by atoms with Crippen molar-refractivity contribution in [2.45, 2.75) is 13.5 Å². The monoisotopic (exact) mass is 230 g/mol. The molecule has 0 N–H and O–H groups in total. The quantitative estimate of drug-likeness (QED) is 0.739. The highest BCUT2D eigenvalue weighted by Crippen LogP contribution is 2.12. The van der Waals surface area contributed by atoms with E-state index in [0.717, 1.165) is 12.3 Å². The summed E-state index contributed by atoms with van der Waals surface area (Å²) in [5, 5.41) is 0. The molecule has 4 nitrogen and oxygen atoms in total. The van der Waals surface area contributed by atoms with Crippen molar-refractivity contribution >= 4 is 5.78 Å². The Balaban J connectivity index is 1.85. The maximum absolute atomic E-state index is 11.1. The second-order valence-electron chi connectivity index (χ2n) is 3.73. The Kier molecular flexibility index (Phi) is 3.55. The van der Waals surface area contributed by atoms with Crippen molar-refractivity contribution in [2.24, 2.45) is 0 Å². The number of hydrogen-bond donors (Lipinski definition) is 0. The van der Waals surface area contributed by atoms with Crippen LogP contribution in [0.2, 0.25) is 0 Å². The Bertz CT molecular complexity index is 475. The number of rotatable bonds is 5. The second kappa shape index (κ2) is 5.30. The predicted molar refractivity (Wildman–Crippen MR) is 64.2 cm³/mol. The Labute approximate surface area is 99.9 Å². The van der Waals surface area contributed by atoms with E-state index in [1.54, 1.807) is 31.6 Å². The molecule has 0 radical (unpaired) electrons. The summed E-state index contributed by atoms with van der Waals surface area (Å²) in [6.07, 6.45) is 5.38. The summed E-state index contributed by atoms with van der Waals surface area (Å²) >= 11 is 0. The molecule has 0 atom stereocenters. The van der Waals surface area contributed by atoms with Gasteiger partial charge in [-0.25, -0.2) is 4.98 Å². The van der Waals surface area contributed by atoms with Gasteiger partial charge in [-0.2, -0.15) is 0 Å². The fourth-order valence-corrected chi connectivity index (χ4v) is 1.47. The van der Waals surface area contributed by atoms with Crippen molar-refractivity contribution < 1.29 is 9.53 Å². The third-order valence-corrected chi connectivity index (χ3v) is 2.44. The molecule has 88 valence electrons. The van der Waals surface area contributed by atoms with Crippen molar-refractivity contribution in [1.82, 2.24) is 9.55 Å². The number of carbonyl (C=O) groups excluding carboxylic acids is 1. The van der Waals surface area contributed by atoms with Crippen molar-refractivity contribution in [3.63, 3.8) is 0 Å². The van der Waals surface area contributed by atoms with E-state index in [1.807, 2.05) is 22.9 Å². The largest absolute Gasteiger partial charge is 0.492 e. The number of benzene rings is 1. The number of carbonyl (C=O) groups is 1. The summed E-state index contributed by atoms with van der Waals surface area (Å²) in [6, 6.07) is 7.17. The highest BCUT2D eigenvalue weighted by atomic mass is 16.5. The summed E-state index contributed by atoms with van der Waals surface area (Å²) in [5.74, 6) is 0.838. The minimum Gasteiger partial charge on any atom is -0.492 e. The molecule has 0 spiro atoms. The molecule has 1 aromatic carbocycles. The van der Waals surface area contributed by atoms with Crippen LogP contribution in [-0.4, -0.2) is 21.9 Å². The first-order valence-corrected chi connectivity index (χ1v) is 5.45. The van der Waals surface area contributed by atoms with Gasteiger partial charge in [-0.15, -0.1) is 0 Å². The Morgan fingerprint density at radius 2 is 2.12 bits per heavy atom. The normalized spacial score (nSPS) is 10.2. The first-order chi connectivity index (χ1) is 8.25. The van der Waals surface area contributed by atoms with Gasteiger partial charge in [-0.1, -0.05) is 0 Å². The first-order valence-electron chi connectivity index (χ1n) is 5.45. The van der Waals surface area contributed by atoms with Gasteiger partial charge in [-0.05, 0) is 31.2 Å². The first kappa shape index (κ1) is 11.4. The van der Waals surface area contributed by atoms with Crippen LogP contribution in [0.5, 0.6) is 5.75 Å². The van der Waals surface area contributed by atoms with Crippen LogP contribution in [0.3, 0.4) is 0 Å². The maximum Gasteiger partial charge on any atom is 0.159 e. The van der Waals surface area contributed by atoms with Crippen molar-refractivity contribution in [3.05, 3.63) is 48.5 Å². The van der Waals surface area contributed by atoms with Gasteiger partial charge in [0.2, 0.25) is 0 Å². The maximum atomic E-state index is 11.1. The van der Waals surface area contributed by atoms with E-state index < -0.39 is 0 Å². The molecular formula is C13H14N2O2. The fraction of sp³-hybridized carbons (Fsp3) is 0.231. The number of hydrogen-bond acceptors (Lipinski definition) is 3. The van der Waals surface area contributed by atoms with Crippen molar-refractivity contribution in [2.75, 3.05) is 6.61 Å². The molecule has 17 heavy (non-hydrogen) atoms. The standard InChI is InChI=1S/C13H14N2O2/c1-11(16)12-2-4-13(5-3-12)17-9-8-15-7-6-14-10-15/h2-7,10H,8-9H2,1H3. The van der Waals surface area contributed by atoms with Crippen LogP contribution < -0.4 is 4.74 Å². The highest BCUT2D eigenvalue weighted by Gasteiger charge is 1.99. The van der Waals surface area contributed by atoms with Crippen LogP contribution in [0, 0.1) is 0 Å². The zero-order valence-electron chi connectivity index (χ0n) is 9.67. The van der Waals surface area contributed by atoms with Gasteiger partial charge < -0.3 is 9.30 Å². The zero-order chi connectivity index (χ0) is 12.1. The topological polar surface area (TPSA) is 44.1 Å². The Morgan fingerprint density at radius 1 is 1.35 bits per heavy atom. The number of Topliss-reactive ketones (excluding diaryl/α,β-unsaturated/α-hetero) is 1. The number of imidazole rings is 1. The second-order valence-corrected chi connectivity index (χ2v) is 3.73. The SMILES string of the molecule is CC(=O)c1ccc(OCCn2ccnc2)cc1. The smallest absolute Gasteiger partial charge is 0.159 e. The zero-order valence-corrected chi connectivity index (χ0v) is 9.67. The van der Waals surface area contributed by atoms with E-state index in [-0.39, 0.29) is 5.78 Å². The van der Waals surface area contributed by atoms with Gasteiger partial charge in [0.15, 0.2) is 5.78 Å². The van der Waals surface area contributed by atoms with Gasteiger partial charge in [0.1, 0.15) is 12.4 Å².